The Morgan fingerprint density at radius 1 is 1.35 bits per heavy atom. The van der Waals surface area contributed by atoms with Gasteiger partial charge in [-0.25, -0.2) is 0 Å². The van der Waals surface area contributed by atoms with Crippen molar-refractivity contribution < 1.29 is 5.11 Å². The Balaban J connectivity index is 1.81. The highest BCUT2D eigenvalue weighted by Crippen LogP contribution is 2.41. The average molecular weight is 248 g/mol. The standard InChI is InChI=1S/C15H20OS/c16-15(8-9-17-11-15)10-13-6-3-5-12-4-1-2-7-14(12)13/h1-2,4,7,13,16H,3,5-6,8-11H2. The molecule has 1 heterocycles. The number of benzene rings is 1. The minimum Gasteiger partial charge on any atom is -0.389 e. The number of hydrogen-bond donors (Lipinski definition) is 1. The zero-order valence-electron chi connectivity index (χ0n) is 10.2. The maximum Gasteiger partial charge on any atom is 0.0751 e. The van der Waals surface area contributed by atoms with Gasteiger partial charge in [0, 0.05) is 5.75 Å². The molecule has 1 aliphatic heterocycles. The van der Waals surface area contributed by atoms with Crippen molar-refractivity contribution in [2.45, 2.75) is 43.6 Å². The van der Waals surface area contributed by atoms with E-state index in [1.54, 1.807) is 0 Å². The second kappa shape index (κ2) is 4.66. The Morgan fingerprint density at radius 3 is 3.06 bits per heavy atom. The second-order valence-corrected chi connectivity index (χ2v) is 6.62. The van der Waals surface area contributed by atoms with E-state index in [9.17, 15) is 5.11 Å². The van der Waals surface area contributed by atoms with E-state index in [2.05, 4.69) is 24.3 Å². The minimum atomic E-state index is -0.389. The average Bonchev–Trinajstić information content (AvgIpc) is 2.76. The molecule has 92 valence electrons. The quantitative estimate of drug-likeness (QED) is 0.866. The van der Waals surface area contributed by atoms with E-state index in [1.165, 1.54) is 30.4 Å². The molecule has 2 aliphatic rings. The number of aliphatic hydroxyl groups is 1. The molecule has 1 fully saturated rings. The van der Waals surface area contributed by atoms with Gasteiger partial charge >= 0.3 is 0 Å². The highest BCUT2D eigenvalue weighted by molar-refractivity contribution is 7.99. The van der Waals surface area contributed by atoms with Crippen molar-refractivity contribution in [3.63, 3.8) is 0 Å². The van der Waals surface area contributed by atoms with Crippen LogP contribution in [0.3, 0.4) is 0 Å². The first-order valence-corrected chi connectivity index (χ1v) is 7.80. The van der Waals surface area contributed by atoms with Gasteiger partial charge in [-0.1, -0.05) is 24.3 Å². The van der Waals surface area contributed by atoms with Crippen molar-refractivity contribution in [2.24, 2.45) is 0 Å². The molecule has 0 bridgehead atoms. The van der Waals surface area contributed by atoms with Crippen LogP contribution in [0.5, 0.6) is 0 Å². The first kappa shape index (κ1) is 11.6. The van der Waals surface area contributed by atoms with Gasteiger partial charge in [-0.15, -0.1) is 0 Å². The van der Waals surface area contributed by atoms with Crippen LogP contribution in [-0.4, -0.2) is 22.2 Å². The molecule has 0 saturated carbocycles. The number of hydrogen-bond acceptors (Lipinski definition) is 2. The van der Waals surface area contributed by atoms with E-state index in [0.29, 0.717) is 5.92 Å². The zero-order chi connectivity index (χ0) is 11.7. The van der Waals surface area contributed by atoms with Crippen molar-refractivity contribution in [1.82, 2.24) is 0 Å². The zero-order valence-corrected chi connectivity index (χ0v) is 11.0. The summed E-state index contributed by atoms with van der Waals surface area (Å²) < 4.78 is 0. The van der Waals surface area contributed by atoms with Crippen LogP contribution in [0, 0.1) is 0 Å². The Bertz CT molecular complexity index is 396. The number of thioether (sulfide) groups is 1. The van der Waals surface area contributed by atoms with Crippen molar-refractivity contribution in [3.8, 4) is 0 Å². The lowest BCUT2D eigenvalue weighted by atomic mass is 9.77. The van der Waals surface area contributed by atoms with Crippen LogP contribution in [0.2, 0.25) is 0 Å². The lowest BCUT2D eigenvalue weighted by Gasteiger charge is -2.31. The van der Waals surface area contributed by atoms with Crippen LogP contribution < -0.4 is 0 Å². The molecular weight excluding hydrogens is 228 g/mol. The predicted molar refractivity (Wildman–Crippen MR) is 73.6 cm³/mol. The normalized spacial score (nSPS) is 32.4. The summed E-state index contributed by atoms with van der Waals surface area (Å²) in [6.45, 7) is 0. The van der Waals surface area contributed by atoms with Crippen LogP contribution in [-0.2, 0) is 6.42 Å². The Kier molecular flexibility index (Phi) is 3.18. The van der Waals surface area contributed by atoms with Gasteiger partial charge in [-0.2, -0.15) is 11.8 Å². The third-order valence-corrected chi connectivity index (χ3v) is 5.44. The summed E-state index contributed by atoms with van der Waals surface area (Å²) >= 11 is 1.90. The minimum absolute atomic E-state index is 0.389. The lowest BCUT2D eigenvalue weighted by molar-refractivity contribution is 0.0493. The van der Waals surface area contributed by atoms with Crippen LogP contribution in [0.15, 0.2) is 24.3 Å². The molecule has 2 unspecified atom stereocenters. The maximum absolute atomic E-state index is 10.5. The highest BCUT2D eigenvalue weighted by atomic mass is 32.2. The third kappa shape index (κ3) is 2.38. The molecule has 1 N–H and O–H groups in total. The fourth-order valence-corrected chi connectivity index (χ4v) is 4.59. The van der Waals surface area contributed by atoms with Crippen LogP contribution in [0.25, 0.3) is 0 Å². The molecule has 3 rings (SSSR count). The Labute approximate surface area is 108 Å². The van der Waals surface area contributed by atoms with Crippen molar-refractivity contribution in [3.05, 3.63) is 35.4 Å². The number of rotatable bonds is 2. The van der Waals surface area contributed by atoms with Gasteiger partial charge in [-0.05, 0) is 54.9 Å². The molecule has 2 atom stereocenters. The van der Waals surface area contributed by atoms with E-state index in [4.69, 9.17) is 0 Å². The first-order chi connectivity index (χ1) is 8.27. The topological polar surface area (TPSA) is 20.2 Å². The molecule has 2 heteroatoms. The van der Waals surface area contributed by atoms with Gasteiger partial charge < -0.3 is 5.11 Å². The first-order valence-electron chi connectivity index (χ1n) is 6.65. The lowest BCUT2D eigenvalue weighted by Crippen LogP contribution is -2.31. The molecule has 1 saturated heterocycles. The molecule has 1 aromatic carbocycles. The second-order valence-electron chi connectivity index (χ2n) is 5.52. The van der Waals surface area contributed by atoms with Gasteiger partial charge in [0.2, 0.25) is 0 Å². The highest BCUT2D eigenvalue weighted by Gasteiger charge is 2.35. The molecule has 0 aromatic heterocycles. The number of fused-ring (bicyclic) bond motifs is 1. The molecule has 1 aliphatic carbocycles. The summed E-state index contributed by atoms with van der Waals surface area (Å²) in [5.41, 5.74) is 2.63. The fraction of sp³-hybridized carbons (Fsp3) is 0.600. The van der Waals surface area contributed by atoms with Gasteiger partial charge in [0.05, 0.1) is 5.60 Å². The van der Waals surface area contributed by atoms with Gasteiger partial charge in [0.25, 0.3) is 0 Å². The van der Waals surface area contributed by atoms with Crippen LogP contribution >= 0.6 is 11.8 Å². The maximum atomic E-state index is 10.5. The van der Waals surface area contributed by atoms with Crippen molar-refractivity contribution >= 4 is 11.8 Å². The smallest absolute Gasteiger partial charge is 0.0751 e. The monoisotopic (exact) mass is 248 g/mol. The van der Waals surface area contributed by atoms with Gasteiger partial charge in [0.15, 0.2) is 0 Å². The third-order valence-electron chi connectivity index (χ3n) is 4.20. The summed E-state index contributed by atoms with van der Waals surface area (Å²) in [5.74, 6) is 2.65. The fourth-order valence-electron chi connectivity index (χ4n) is 3.28. The van der Waals surface area contributed by atoms with E-state index in [0.717, 1.165) is 24.3 Å². The molecular formula is C15H20OS. The summed E-state index contributed by atoms with van der Waals surface area (Å²) in [6, 6.07) is 8.81. The Hall–Kier alpha value is -0.470. The van der Waals surface area contributed by atoms with E-state index >= 15 is 0 Å². The van der Waals surface area contributed by atoms with E-state index in [1.807, 2.05) is 11.8 Å². The summed E-state index contributed by atoms with van der Waals surface area (Å²) in [6.07, 6.45) is 5.71. The van der Waals surface area contributed by atoms with Crippen LogP contribution in [0.1, 0.15) is 42.7 Å². The van der Waals surface area contributed by atoms with E-state index < -0.39 is 0 Å². The molecule has 0 spiro atoms. The Morgan fingerprint density at radius 2 is 2.24 bits per heavy atom. The van der Waals surface area contributed by atoms with Crippen LogP contribution in [0.4, 0.5) is 0 Å². The summed E-state index contributed by atoms with van der Waals surface area (Å²) in [5, 5.41) is 10.5. The SMILES string of the molecule is OC1(CC2CCCc3ccccc32)CCSC1. The molecule has 0 amide bonds. The molecule has 1 nitrogen and oxygen atoms in total. The van der Waals surface area contributed by atoms with E-state index in [-0.39, 0.29) is 5.60 Å². The van der Waals surface area contributed by atoms with Crippen molar-refractivity contribution in [1.29, 1.82) is 0 Å². The molecule has 0 radical (unpaired) electrons. The number of aryl methyl sites for hydroxylation is 1. The van der Waals surface area contributed by atoms with Gasteiger partial charge in [0.1, 0.15) is 0 Å². The van der Waals surface area contributed by atoms with Gasteiger partial charge in [-0.3, -0.25) is 0 Å². The largest absolute Gasteiger partial charge is 0.389 e. The summed E-state index contributed by atoms with van der Waals surface area (Å²) in [7, 11) is 0. The molecule has 1 aromatic rings. The molecule has 17 heavy (non-hydrogen) atoms. The summed E-state index contributed by atoms with van der Waals surface area (Å²) in [4.78, 5) is 0. The predicted octanol–water partition coefficient (Wildman–Crippen LogP) is 3.36. The van der Waals surface area contributed by atoms with Crippen molar-refractivity contribution in [2.75, 3.05) is 11.5 Å².